The van der Waals surface area contributed by atoms with Crippen LogP contribution in [0.25, 0.3) is 11.0 Å². The molecule has 1 fully saturated rings. The van der Waals surface area contributed by atoms with Crippen molar-refractivity contribution in [3.05, 3.63) is 35.7 Å². The molecule has 3 heterocycles. The molecule has 0 atom stereocenters. The Hall–Kier alpha value is -2.83. The van der Waals surface area contributed by atoms with E-state index in [1.165, 1.54) is 0 Å². The second-order valence-electron chi connectivity index (χ2n) is 7.37. The van der Waals surface area contributed by atoms with Crippen molar-refractivity contribution in [2.45, 2.75) is 39.8 Å². The summed E-state index contributed by atoms with van der Waals surface area (Å²) in [4.78, 5) is 17.5. The van der Waals surface area contributed by atoms with Crippen LogP contribution in [0.2, 0.25) is 0 Å². The Kier molecular flexibility index (Phi) is 3.16. The van der Waals surface area contributed by atoms with Crippen LogP contribution in [0, 0.1) is 12.3 Å². The molecule has 1 N–H and O–H groups in total. The minimum Gasteiger partial charge on any atom is -0.491 e. The number of amides is 1. The number of nitrogens with zero attached hydrogens (tertiary/aromatic N) is 4. The summed E-state index contributed by atoms with van der Waals surface area (Å²) in [7, 11) is 0. The summed E-state index contributed by atoms with van der Waals surface area (Å²) in [6, 6.07) is 7.69. The zero-order chi connectivity index (χ0) is 17.9. The molecule has 26 heavy (non-hydrogen) atoms. The molecule has 0 unspecified atom stereocenters. The topological polar surface area (TPSA) is 74.0 Å². The van der Waals surface area contributed by atoms with Crippen LogP contribution in [0.3, 0.4) is 0 Å². The molecule has 0 radical (unpaired) electrons. The number of para-hydroxylation sites is 1. The number of hydrogen-bond donors (Lipinski definition) is 1. The van der Waals surface area contributed by atoms with Crippen LogP contribution >= 0.6 is 0 Å². The second-order valence-corrected chi connectivity index (χ2v) is 7.37. The number of aryl methyl sites for hydroxylation is 2. The zero-order valence-electron chi connectivity index (χ0n) is 15.0. The minimum absolute atomic E-state index is 0.175. The summed E-state index contributed by atoms with van der Waals surface area (Å²) in [6.07, 6.45) is 2.30. The first-order valence-corrected chi connectivity index (χ1v) is 9.06. The monoisotopic (exact) mass is 351 g/mol. The van der Waals surface area contributed by atoms with Crippen molar-refractivity contribution >= 4 is 22.9 Å². The van der Waals surface area contributed by atoms with Gasteiger partial charge in [0.2, 0.25) is 5.95 Å². The molecule has 1 aromatic carbocycles. The first kappa shape index (κ1) is 15.4. The summed E-state index contributed by atoms with van der Waals surface area (Å²) < 4.78 is 9.88. The molecule has 2 aromatic heterocycles. The second kappa shape index (κ2) is 5.33. The number of ether oxygens (including phenoxy) is 1. The van der Waals surface area contributed by atoms with Crippen molar-refractivity contribution < 1.29 is 9.53 Å². The van der Waals surface area contributed by atoms with E-state index < -0.39 is 0 Å². The molecular weight excluding hydrogens is 330 g/mol. The van der Waals surface area contributed by atoms with Crippen molar-refractivity contribution in [1.29, 1.82) is 0 Å². The minimum atomic E-state index is -0.185. The molecule has 7 heteroatoms. The maximum Gasteiger partial charge on any atom is 0.276 e. The van der Waals surface area contributed by atoms with Crippen molar-refractivity contribution in [2.75, 3.05) is 11.9 Å². The van der Waals surface area contributed by atoms with Crippen molar-refractivity contribution in [2.24, 2.45) is 5.41 Å². The summed E-state index contributed by atoms with van der Waals surface area (Å²) in [5.41, 5.74) is 3.36. The molecule has 1 amide bonds. The predicted octanol–water partition coefficient (Wildman–Crippen LogP) is 2.99. The quantitative estimate of drug-likeness (QED) is 0.787. The fourth-order valence-electron chi connectivity index (χ4n) is 3.74. The molecule has 0 saturated heterocycles. The average Bonchev–Trinajstić information content (AvgIpc) is 3.22. The van der Waals surface area contributed by atoms with Gasteiger partial charge < -0.3 is 9.30 Å². The summed E-state index contributed by atoms with van der Waals surface area (Å²) in [5.74, 6) is 1.24. The van der Waals surface area contributed by atoms with E-state index in [0.717, 1.165) is 48.5 Å². The number of hydrogen-bond acceptors (Lipinski definition) is 4. The number of imidazole rings is 1. The molecule has 1 aliphatic carbocycles. The van der Waals surface area contributed by atoms with Gasteiger partial charge >= 0.3 is 0 Å². The van der Waals surface area contributed by atoms with Crippen molar-refractivity contribution in [1.82, 2.24) is 19.3 Å². The summed E-state index contributed by atoms with van der Waals surface area (Å²) in [6.45, 7) is 6.06. The van der Waals surface area contributed by atoms with E-state index in [-0.39, 0.29) is 11.3 Å². The average molecular weight is 351 g/mol. The Labute approximate surface area is 151 Å². The summed E-state index contributed by atoms with van der Waals surface area (Å²) in [5, 5.41) is 7.37. The van der Waals surface area contributed by atoms with Gasteiger partial charge in [-0.3, -0.25) is 14.8 Å². The fourth-order valence-corrected chi connectivity index (χ4v) is 3.74. The predicted molar refractivity (Wildman–Crippen MR) is 97.5 cm³/mol. The Bertz CT molecular complexity index is 1030. The van der Waals surface area contributed by atoms with E-state index in [4.69, 9.17) is 4.74 Å². The molecular formula is C19H21N5O2. The number of carbonyl (C=O) groups excluding carboxylic acids is 1. The zero-order valence-corrected chi connectivity index (χ0v) is 15.0. The number of benzene rings is 1. The molecule has 134 valence electrons. The van der Waals surface area contributed by atoms with Crippen LogP contribution in [0.5, 0.6) is 5.75 Å². The van der Waals surface area contributed by atoms with Crippen molar-refractivity contribution in [3.8, 4) is 5.75 Å². The summed E-state index contributed by atoms with van der Waals surface area (Å²) >= 11 is 0. The third-order valence-electron chi connectivity index (χ3n) is 5.37. The standard InChI is InChI=1S/C19H21N5O2/c1-3-24-14(9-12(2)22-24)17(25)21-18-20-13-5-4-6-15-16(13)23(18)10-19(7-8-19)11-26-15/h4-6,9H,3,7-8,10-11H2,1-2H3,(H,20,21,25). The van der Waals surface area contributed by atoms with Gasteiger partial charge in [0.15, 0.2) is 0 Å². The first-order valence-electron chi connectivity index (χ1n) is 9.06. The Morgan fingerprint density at radius 3 is 3.00 bits per heavy atom. The molecule has 0 bridgehead atoms. The van der Waals surface area contributed by atoms with Crippen LogP contribution in [0.1, 0.15) is 35.9 Å². The van der Waals surface area contributed by atoms with Crippen LogP contribution in [0.4, 0.5) is 5.95 Å². The van der Waals surface area contributed by atoms with E-state index in [0.29, 0.717) is 18.2 Å². The molecule has 1 aliphatic heterocycles. The van der Waals surface area contributed by atoms with E-state index in [9.17, 15) is 4.79 Å². The molecule has 5 rings (SSSR count). The molecule has 2 aliphatic rings. The Morgan fingerprint density at radius 1 is 1.38 bits per heavy atom. The van der Waals surface area contributed by atoms with Gasteiger partial charge in [0.05, 0.1) is 17.8 Å². The van der Waals surface area contributed by atoms with E-state index in [1.54, 1.807) is 10.7 Å². The normalized spacial score (nSPS) is 17.2. The number of aromatic nitrogens is 4. The van der Waals surface area contributed by atoms with Gasteiger partial charge in [-0.05, 0) is 44.9 Å². The fraction of sp³-hybridized carbons (Fsp3) is 0.421. The van der Waals surface area contributed by atoms with Gasteiger partial charge in [-0.2, -0.15) is 5.10 Å². The lowest BCUT2D eigenvalue weighted by Crippen LogP contribution is -2.22. The third-order valence-corrected chi connectivity index (χ3v) is 5.37. The first-order chi connectivity index (χ1) is 12.6. The molecule has 1 saturated carbocycles. The van der Waals surface area contributed by atoms with Gasteiger partial charge in [0.1, 0.15) is 17.0 Å². The maximum atomic E-state index is 12.9. The van der Waals surface area contributed by atoms with Crippen LogP contribution < -0.4 is 10.1 Å². The third kappa shape index (κ3) is 2.30. The lowest BCUT2D eigenvalue weighted by Gasteiger charge is -2.14. The van der Waals surface area contributed by atoms with Crippen LogP contribution in [-0.4, -0.2) is 31.8 Å². The van der Waals surface area contributed by atoms with Gasteiger partial charge in [-0.25, -0.2) is 4.98 Å². The lowest BCUT2D eigenvalue weighted by atomic mass is 10.1. The highest BCUT2D eigenvalue weighted by Gasteiger charge is 2.46. The molecule has 7 nitrogen and oxygen atoms in total. The number of carbonyl (C=O) groups is 1. The van der Waals surface area contributed by atoms with Gasteiger partial charge in [-0.1, -0.05) is 6.07 Å². The van der Waals surface area contributed by atoms with Crippen molar-refractivity contribution in [3.63, 3.8) is 0 Å². The number of nitrogens with one attached hydrogen (secondary N) is 1. The van der Waals surface area contributed by atoms with Gasteiger partial charge in [-0.15, -0.1) is 0 Å². The van der Waals surface area contributed by atoms with Crippen LogP contribution in [0.15, 0.2) is 24.3 Å². The van der Waals surface area contributed by atoms with Gasteiger partial charge in [0.25, 0.3) is 5.91 Å². The largest absolute Gasteiger partial charge is 0.491 e. The highest BCUT2D eigenvalue weighted by atomic mass is 16.5. The number of anilines is 1. The Balaban J connectivity index is 1.57. The van der Waals surface area contributed by atoms with E-state index >= 15 is 0 Å². The Morgan fingerprint density at radius 2 is 2.23 bits per heavy atom. The molecule has 1 spiro atoms. The maximum absolute atomic E-state index is 12.9. The smallest absolute Gasteiger partial charge is 0.276 e. The van der Waals surface area contributed by atoms with E-state index in [1.807, 2.05) is 32.0 Å². The lowest BCUT2D eigenvalue weighted by molar-refractivity contribution is 0.101. The van der Waals surface area contributed by atoms with E-state index in [2.05, 4.69) is 20.0 Å². The SMILES string of the molecule is CCn1nc(C)cc1C(=O)Nc1nc2cccc3c2n1CC1(CC1)CO3. The van der Waals surface area contributed by atoms with Crippen LogP contribution in [-0.2, 0) is 13.1 Å². The highest BCUT2D eigenvalue weighted by Crippen LogP contribution is 2.50. The van der Waals surface area contributed by atoms with Gasteiger partial charge in [0, 0.05) is 18.5 Å². The highest BCUT2D eigenvalue weighted by molar-refractivity contribution is 6.03. The molecule has 3 aromatic rings. The number of rotatable bonds is 3.